The lowest BCUT2D eigenvalue weighted by atomic mass is 9.94. The number of hydrogen-bond donors (Lipinski definition) is 4. The molecule has 5 atom stereocenters. The molecule has 0 spiro atoms. The van der Waals surface area contributed by atoms with E-state index < -0.39 is 42.7 Å². The molecule has 6 aromatic rings. The number of nitrogens with zero attached hydrogens (tertiary/aromatic N) is 5. The largest absolute Gasteiger partial charge is 0.507 e. The van der Waals surface area contributed by atoms with Crippen molar-refractivity contribution < 1.29 is 87.1 Å². The number of aliphatic carboxylic acids is 1. The standard InChI is InChI=1S/C40H40ClN3O9S.C27H30N2O9S/c1-3-12-53-40(49)44-30-20-35(34(50-2)18-29(30)38(47)42-11-8-24(17-32(42)39(44)48)25-10-16-54-23-25)52-15-14-51-13-9-36(46)43-22-26(21-41)37-28-7-5-4-6-27(28)33(45)19-31(37)43;1-3-8-38-27(34)29-20-15-23(37-11-10-36-9-5-24(30)31)22(35-2)14-19(20)25(32)28-7-4-17(13-21(28)26(29)33)18-6-12-39-16-18/h3-8,10,16,18-20,23,26,32,39,45,48H,1,9,11-15,17,21-22H2,2H3;3-4,6,12,14-16,21,26,33H,1,5,7-11,13H2,2H3,(H,30,31)/t26-,32+,39?;21-,26?/m10/s1. The summed E-state index contributed by atoms with van der Waals surface area (Å²) >= 11 is 9.43. The van der Waals surface area contributed by atoms with Crippen LogP contribution in [-0.4, -0.2) is 183 Å². The van der Waals surface area contributed by atoms with Gasteiger partial charge in [-0.15, -0.1) is 11.6 Å². The highest BCUT2D eigenvalue weighted by Crippen LogP contribution is 2.47. The molecular weight excluding hydrogens is 1260 g/mol. The zero-order chi connectivity index (χ0) is 65.9. The Hall–Kier alpha value is -8.95. The maximum absolute atomic E-state index is 14.1. The van der Waals surface area contributed by atoms with Crippen molar-refractivity contribution >= 4 is 109 Å². The number of carboxylic acid groups (broad SMARTS) is 1. The first-order chi connectivity index (χ1) is 45.1. The van der Waals surface area contributed by atoms with E-state index in [1.165, 1.54) is 55.5 Å². The Morgan fingerprint density at radius 2 is 1.14 bits per heavy atom. The van der Waals surface area contributed by atoms with Crippen molar-refractivity contribution in [2.24, 2.45) is 0 Å². The number of aliphatic hydroxyl groups is 2. The van der Waals surface area contributed by atoms with Crippen LogP contribution in [0.2, 0.25) is 0 Å². The zero-order valence-electron chi connectivity index (χ0n) is 51.0. The van der Waals surface area contributed by atoms with Crippen molar-refractivity contribution in [1.82, 2.24) is 9.80 Å². The second-order valence-electron chi connectivity index (χ2n) is 21.8. The monoisotopic (exact) mass is 1330 g/mol. The number of aliphatic hydroxyl groups excluding tert-OH is 2. The zero-order valence-corrected chi connectivity index (χ0v) is 53.4. The number of methoxy groups -OCH3 is 2. The molecule has 0 saturated carbocycles. The Morgan fingerprint density at radius 3 is 1.59 bits per heavy atom. The summed E-state index contributed by atoms with van der Waals surface area (Å²) in [4.78, 5) is 85.5. The number of phenols is 1. The van der Waals surface area contributed by atoms with Crippen molar-refractivity contribution in [3.63, 3.8) is 0 Å². The molecule has 5 amide bonds. The summed E-state index contributed by atoms with van der Waals surface area (Å²) in [5.74, 6) is -0.623. The summed E-state index contributed by atoms with van der Waals surface area (Å²) in [7, 11) is 2.86. The van der Waals surface area contributed by atoms with Gasteiger partial charge in [-0.05, 0) is 91.9 Å². The molecule has 11 rings (SSSR count). The number of fused-ring (bicyclic) bond motifs is 7. The van der Waals surface area contributed by atoms with Crippen LogP contribution in [0, 0.1) is 0 Å². The maximum Gasteiger partial charge on any atom is 0.416 e. The fourth-order valence-electron chi connectivity index (χ4n) is 11.9. The van der Waals surface area contributed by atoms with E-state index >= 15 is 0 Å². The van der Waals surface area contributed by atoms with E-state index in [4.69, 9.17) is 54.6 Å². The van der Waals surface area contributed by atoms with Crippen molar-refractivity contribution in [3.05, 3.63) is 154 Å². The van der Waals surface area contributed by atoms with E-state index in [0.717, 1.165) is 48.4 Å². The van der Waals surface area contributed by atoms with Crippen LogP contribution >= 0.6 is 34.3 Å². The summed E-state index contributed by atoms with van der Waals surface area (Å²) in [5, 5.41) is 52.3. The third-order valence-electron chi connectivity index (χ3n) is 16.4. The average molecular weight is 1330 g/mol. The van der Waals surface area contributed by atoms with Crippen molar-refractivity contribution in [2.75, 3.05) is 107 Å². The topological polar surface area (TPSA) is 273 Å². The number of hydrogen-bond acceptors (Lipinski definition) is 19. The minimum atomic E-state index is -1.44. The quantitative estimate of drug-likeness (QED) is 0.0264. The molecule has 2 unspecified atom stereocenters. The van der Waals surface area contributed by atoms with Gasteiger partial charge in [0, 0.05) is 55.0 Å². The van der Waals surface area contributed by atoms with Crippen LogP contribution in [0.3, 0.4) is 0 Å². The molecule has 0 fully saturated rings. The highest BCUT2D eigenvalue weighted by atomic mass is 35.5. The number of phenolic OH excluding ortho intramolecular Hbond substituents is 1. The highest BCUT2D eigenvalue weighted by Gasteiger charge is 2.47. The third kappa shape index (κ3) is 14.5. The number of ether oxygens (including phenoxy) is 8. The predicted molar refractivity (Wildman–Crippen MR) is 350 cm³/mol. The Balaban J connectivity index is 0.000000215. The molecule has 23 nitrogen and oxygen atoms in total. The van der Waals surface area contributed by atoms with Crippen LogP contribution in [0.15, 0.2) is 126 Å². The first-order valence-electron chi connectivity index (χ1n) is 29.8. The Morgan fingerprint density at radius 1 is 0.645 bits per heavy atom. The molecule has 5 aliphatic heterocycles. The number of aromatic hydroxyl groups is 1. The van der Waals surface area contributed by atoms with E-state index in [9.17, 15) is 44.1 Å². The molecule has 4 N–H and O–H groups in total. The van der Waals surface area contributed by atoms with Crippen LogP contribution < -0.4 is 33.6 Å². The third-order valence-corrected chi connectivity index (χ3v) is 18.1. The molecule has 0 radical (unpaired) electrons. The molecule has 0 bridgehead atoms. The summed E-state index contributed by atoms with van der Waals surface area (Å²) in [6, 6.07) is 17.5. The molecule has 5 aliphatic rings. The van der Waals surface area contributed by atoms with Gasteiger partial charge >= 0.3 is 18.2 Å². The van der Waals surface area contributed by atoms with Gasteiger partial charge in [-0.1, -0.05) is 61.7 Å². The molecule has 4 aromatic carbocycles. The summed E-state index contributed by atoms with van der Waals surface area (Å²) in [6.07, 6.45) is 2.78. The maximum atomic E-state index is 14.1. The summed E-state index contributed by atoms with van der Waals surface area (Å²) in [6.45, 7) is 8.34. The van der Waals surface area contributed by atoms with E-state index in [1.54, 1.807) is 38.5 Å². The molecule has 2 aromatic heterocycles. The van der Waals surface area contributed by atoms with Crippen molar-refractivity contribution in [1.29, 1.82) is 0 Å². The van der Waals surface area contributed by atoms with Gasteiger partial charge in [0.1, 0.15) is 32.2 Å². The van der Waals surface area contributed by atoms with Gasteiger partial charge in [0.2, 0.25) is 5.91 Å². The first kappa shape index (κ1) is 67.0. The fraction of sp³-hybridized carbons (Fsp3) is 0.343. The number of amides is 5. The summed E-state index contributed by atoms with van der Waals surface area (Å²) in [5.41, 5.74) is 6.04. The van der Waals surface area contributed by atoms with Gasteiger partial charge in [-0.25, -0.2) is 19.4 Å². The lowest BCUT2D eigenvalue weighted by Gasteiger charge is -2.38. The predicted octanol–water partition coefficient (Wildman–Crippen LogP) is 9.92. The van der Waals surface area contributed by atoms with Crippen LogP contribution in [-0.2, 0) is 28.5 Å². The number of carboxylic acids is 1. The van der Waals surface area contributed by atoms with Crippen LogP contribution in [0.5, 0.6) is 28.7 Å². The van der Waals surface area contributed by atoms with Crippen LogP contribution in [0.1, 0.15) is 69.0 Å². The van der Waals surface area contributed by atoms with E-state index in [0.29, 0.717) is 31.0 Å². The smallest absolute Gasteiger partial charge is 0.416 e. The average Bonchev–Trinajstić information content (AvgIpc) is 1.64. The number of alkyl halides is 1. The second-order valence-corrected chi connectivity index (χ2v) is 23.7. The number of halogens is 1. The lowest BCUT2D eigenvalue weighted by Crippen LogP contribution is -2.54. The van der Waals surface area contributed by atoms with Gasteiger partial charge in [0.25, 0.3) is 11.8 Å². The molecule has 0 aliphatic carbocycles. The van der Waals surface area contributed by atoms with Crippen molar-refractivity contribution in [2.45, 2.75) is 56.1 Å². The molecule has 93 heavy (non-hydrogen) atoms. The van der Waals surface area contributed by atoms with Crippen LogP contribution in [0.25, 0.3) is 21.9 Å². The number of carbonyl (C=O) groups excluding carboxylic acids is 5. The second kappa shape index (κ2) is 30.7. The Kier molecular flexibility index (Phi) is 22.1. The molecular formula is C67H70ClN5O18S2. The van der Waals surface area contributed by atoms with E-state index in [1.807, 2.05) is 70.1 Å². The minimum absolute atomic E-state index is 0.0300. The number of rotatable bonds is 23. The van der Waals surface area contributed by atoms with Gasteiger partial charge in [-0.3, -0.25) is 19.2 Å². The summed E-state index contributed by atoms with van der Waals surface area (Å²) < 4.78 is 44.6. The van der Waals surface area contributed by atoms with Gasteiger partial charge in [0.05, 0.1) is 93.8 Å². The lowest BCUT2D eigenvalue weighted by molar-refractivity contribution is -0.138. The van der Waals surface area contributed by atoms with Gasteiger partial charge in [-0.2, -0.15) is 22.7 Å². The highest BCUT2D eigenvalue weighted by molar-refractivity contribution is 7.08. The molecule has 26 heteroatoms. The van der Waals surface area contributed by atoms with E-state index in [-0.39, 0.29) is 154 Å². The Labute approximate surface area is 549 Å². The molecule has 7 heterocycles. The fourth-order valence-corrected chi connectivity index (χ4v) is 13.5. The molecule has 0 saturated heterocycles. The molecule has 490 valence electrons. The Bertz CT molecular complexity index is 3820. The number of thiophene rings is 2. The van der Waals surface area contributed by atoms with Crippen LogP contribution in [0.4, 0.5) is 26.7 Å². The normalized spacial score (nSPS) is 18.8. The SMILES string of the molecule is C=CCOC(=O)N1c2cc(OCCOCCC(=O)N3C[C@@H](CCl)c4c3cc(O)c3ccccc43)c(OC)cc2C(=O)N2CC=C(c3ccsc3)C[C@H]2C1O.C=CCOC(=O)N1c2cc(OCCOCCC(=O)O)c(OC)cc2C(=O)N2CC=C(c3ccsc3)C[C@H]2C1O. The number of benzene rings is 4. The first-order valence-corrected chi connectivity index (χ1v) is 32.3. The van der Waals surface area contributed by atoms with Crippen molar-refractivity contribution in [3.8, 4) is 28.7 Å². The van der Waals surface area contributed by atoms with Gasteiger partial charge < -0.3 is 73.0 Å². The van der Waals surface area contributed by atoms with Gasteiger partial charge in [0.15, 0.2) is 35.5 Å². The van der Waals surface area contributed by atoms with E-state index in [2.05, 4.69) is 13.2 Å². The number of carbonyl (C=O) groups is 6. The number of anilines is 3. The minimum Gasteiger partial charge on any atom is -0.507 e.